The first-order valence-electron chi connectivity index (χ1n) is 4.82. The normalized spacial score (nSPS) is 32.0. The van der Waals surface area contributed by atoms with Gasteiger partial charge in [-0.15, -0.1) is 11.8 Å². The first kappa shape index (κ1) is 10.2. The summed E-state index contributed by atoms with van der Waals surface area (Å²) in [6.45, 7) is 1.32. The molecule has 2 heterocycles. The van der Waals surface area contributed by atoms with Gasteiger partial charge in [0.15, 0.2) is 0 Å². The third kappa shape index (κ3) is 2.60. The number of carbonyl (C=O) groups excluding carboxylic acids is 1. The van der Waals surface area contributed by atoms with Crippen molar-refractivity contribution in [3.63, 3.8) is 0 Å². The second kappa shape index (κ2) is 4.97. The molecule has 0 aliphatic carbocycles. The number of esters is 1. The van der Waals surface area contributed by atoms with Gasteiger partial charge in [-0.25, -0.2) is 5.43 Å². The molecule has 2 atom stereocenters. The average molecular weight is 217 g/mol. The van der Waals surface area contributed by atoms with Gasteiger partial charge in [-0.3, -0.25) is 10.2 Å². The average Bonchev–Trinajstić information content (AvgIpc) is 2.87. The highest BCUT2D eigenvalue weighted by molar-refractivity contribution is 7.99. The number of hydrogen-bond acceptors (Lipinski definition) is 6. The summed E-state index contributed by atoms with van der Waals surface area (Å²) in [5.74, 6) is 1.85. The lowest BCUT2D eigenvalue weighted by Crippen LogP contribution is -2.39. The van der Waals surface area contributed by atoms with Gasteiger partial charge < -0.3 is 10.1 Å². The smallest absolute Gasteiger partial charge is 0.324 e. The Kier molecular flexibility index (Phi) is 3.63. The van der Waals surface area contributed by atoms with E-state index in [0.717, 1.165) is 24.6 Å². The number of hydrazine groups is 1. The van der Waals surface area contributed by atoms with E-state index in [-0.39, 0.29) is 12.0 Å². The molecule has 5 nitrogen and oxygen atoms in total. The van der Waals surface area contributed by atoms with E-state index >= 15 is 0 Å². The van der Waals surface area contributed by atoms with Crippen LogP contribution in [0.15, 0.2) is 0 Å². The molecule has 14 heavy (non-hydrogen) atoms. The topological polar surface area (TPSA) is 62.4 Å². The molecule has 0 aromatic rings. The summed E-state index contributed by atoms with van der Waals surface area (Å²) in [5.41, 5.74) is 5.79. The Bertz CT molecular complexity index is 203. The zero-order chi connectivity index (χ0) is 9.80. The molecular formula is C8H15N3O2S. The monoisotopic (exact) mass is 217 g/mol. The maximum Gasteiger partial charge on any atom is 0.324 e. The molecule has 2 rings (SSSR count). The van der Waals surface area contributed by atoms with Crippen LogP contribution in [0.3, 0.4) is 0 Å². The Labute approximate surface area is 87.3 Å². The molecular weight excluding hydrogens is 202 g/mol. The highest BCUT2D eigenvalue weighted by Crippen LogP contribution is 2.10. The minimum absolute atomic E-state index is 0.145. The second-order valence-corrected chi connectivity index (χ2v) is 4.49. The standard InChI is InChI=1S/C8H15N3O2S/c12-8(7-1-2-10-11-7)13-3-6-4-14-5-9-6/h6-7,9-11H,1-5H2. The van der Waals surface area contributed by atoms with Gasteiger partial charge in [0.1, 0.15) is 12.6 Å². The molecule has 80 valence electrons. The molecule has 0 amide bonds. The first-order valence-corrected chi connectivity index (χ1v) is 5.98. The molecule has 2 fully saturated rings. The Morgan fingerprint density at radius 1 is 1.57 bits per heavy atom. The van der Waals surface area contributed by atoms with Crippen LogP contribution in [0.25, 0.3) is 0 Å². The molecule has 0 aromatic carbocycles. The molecule has 2 aliphatic rings. The maximum atomic E-state index is 11.4. The van der Waals surface area contributed by atoms with Crippen LogP contribution in [0.2, 0.25) is 0 Å². The van der Waals surface area contributed by atoms with E-state index in [1.54, 1.807) is 0 Å². The first-order chi connectivity index (χ1) is 6.86. The van der Waals surface area contributed by atoms with Gasteiger partial charge in [-0.2, -0.15) is 0 Å². The second-order valence-electron chi connectivity index (χ2n) is 3.46. The van der Waals surface area contributed by atoms with E-state index in [4.69, 9.17) is 4.74 Å². The Hall–Kier alpha value is -0.300. The largest absolute Gasteiger partial charge is 0.463 e. The Balaban J connectivity index is 1.66. The number of hydrogen-bond donors (Lipinski definition) is 3. The number of thioether (sulfide) groups is 1. The Morgan fingerprint density at radius 3 is 3.14 bits per heavy atom. The predicted octanol–water partition coefficient (Wildman–Crippen LogP) is -0.941. The van der Waals surface area contributed by atoms with E-state index in [0.29, 0.717) is 12.6 Å². The molecule has 2 saturated heterocycles. The van der Waals surface area contributed by atoms with Crippen molar-refractivity contribution in [3.8, 4) is 0 Å². The summed E-state index contributed by atoms with van der Waals surface area (Å²) in [6.07, 6.45) is 0.811. The van der Waals surface area contributed by atoms with Crippen molar-refractivity contribution >= 4 is 17.7 Å². The molecule has 0 saturated carbocycles. The van der Waals surface area contributed by atoms with Gasteiger partial charge in [-0.1, -0.05) is 0 Å². The van der Waals surface area contributed by atoms with Crippen molar-refractivity contribution in [2.75, 3.05) is 24.8 Å². The zero-order valence-electron chi connectivity index (χ0n) is 7.91. The number of rotatable bonds is 3. The highest BCUT2D eigenvalue weighted by Gasteiger charge is 2.24. The lowest BCUT2D eigenvalue weighted by Gasteiger charge is -2.13. The molecule has 2 unspecified atom stereocenters. The summed E-state index contributed by atoms with van der Waals surface area (Å²) < 4.78 is 5.19. The molecule has 2 aliphatic heterocycles. The van der Waals surface area contributed by atoms with Crippen LogP contribution in [0.4, 0.5) is 0 Å². The van der Waals surface area contributed by atoms with Crippen LogP contribution < -0.4 is 16.2 Å². The highest BCUT2D eigenvalue weighted by atomic mass is 32.2. The van der Waals surface area contributed by atoms with Crippen LogP contribution in [0.5, 0.6) is 0 Å². The van der Waals surface area contributed by atoms with Crippen molar-refractivity contribution < 1.29 is 9.53 Å². The fraction of sp³-hybridized carbons (Fsp3) is 0.875. The lowest BCUT2D eigenvalue weighted by molar-refractivity contribution is -0.146. The fourth-order valence-corrected chi connectivity index (χ4v) is 2.46. The van der Waals surface area contributed by atoms with Crippen molar-refractivity contribution in [2.45, 2.75) is 18.5 Å². The Morgan fingerprint density at radius 2 is 2.50 bits per heavy atom. The van der Waals surface area contributed by atoms with Crippen LogP contribution in [0.1, 0.15) is 6.42 Å². The van der Waals surface area contributed by atoms with Crippen molar-refractivity contribution in [1.82, 2.24) is 16.2 Å². The summed E-state index contributed by atoms with van der Waals surface area (Å²) >= 11 is 1.84. The van der Waals surface area contributed by atoms with Crippen molar-refractivity contribution in [1.29, 1.82) is 0 Å². The summed E-state index contributed by atoms with van der Waals surface area (Å²) in [5, 5.41) is 3.25. The minimum atomic E-state index is -0.163. The molecule has 3 N–H and O–H groups in total. The van der Waals surface area contributed by atoms with E-state index in [2.05, 4.69) is 16.2 Å². The van der Waals surface area contributed by atoms with E-state index in [1.807, 2.05) is 11.8 Å². The zero-order valence-corrected chi connectivity index (χ0v) is 8.73. The molecule has 0 spiro atoms. The fourth-order valence-electron chi connectivity index (χ4n) is 1.49. The van der Waals surface area contributed by atoms with Crippen molar-refractivity contribution in [3.05, 3.63) is 0 Å². The minimum Gasteiger partial charge on any atom is -0.463 e. The van der Waals surface area contributed by atoms with Crippen LogP contribution in [0, 0.1) is 0 Å². The van der Waals surface area contributed by atoms with Gasteiger partial charge in [0, 0.05) is 18.2 Å². The van der Waals surface area contributed by atoms with E-state index in [9.17, 15) is 4.79 Å². The van der Waals surface area contributed by atoms with Crippen LogP contribution >= 0.6 is 11.8 Å². The van der Waals surface area contributed by atoms with Gasteiger partial charge in [0.2, 0.25) is 0 Å². The lowest BCUT2D eigenvalue weighted by atomic mass is 10.2. The third-order valence-electron chi connectivity index (χ3n) is 2.34. The summed E-state index contributed by atoms with van der Waals surface area (Å²) in [7, 11) is 0. The quantitative estimate of drug-likeness (QED) is 0.530. The van der Waals surface area contributed by atoms with Gasteiger partial charge in [0.25, 0.3) is 0 Å². The van der Waals surface area contributed by atoms with Crippen LogP contribution in [-0.2, 0) is 9.53 Å². The predicted molar refractivity (Wildman–Crippen MR) is 54.8 cm³/mol. The number of ether oxygens (including phenoxy) is 1. The summed E-state index contributed by atoms with van der Waals surface area (Å²) in [4.78, 5) is 11.4. The molecule has 0 radical (unpaired) electrons. The van der Waals surface area contributed by atoms with Crippen LogP contribution in [-0.4, -0.2) is 42.8 Å². The number of carbonyl (C=O) groups is 1. The van der Waals surface area contributed by atoms with Gasteiger partial charge >= 0.3 is 5.97 Å². The van der Waals surface area contributed by atoms with E-state index < -0.39 is 0 Å². The van der Waals surface area contributed by atoms with Crippen molar-refractivity contribution in [2.24, 2.45) is 0 Å². The molecule has 0 bridgehead atoms. The van der Waals surface area contributed by atoms with E-state index in [1.165, 1.54) is 0 Å². The summed E-state index contributed by atoms with van der Waals surface area (Å²) in [6, 6.07) is 0.169. The SMILES string of the molecule is O=C(OCC1CSCN1)C1CCNN1. The van der Waals surface area contributed by atoms with Gasteiger partial charge in [0.05, 0.1) is 6.04 Å². The maximum absolute atomic E-state index is 11.4. The third-order valence-corrected chi connectivity index (χ3v) is 3.35. The van der Waals surface area contributed by atoms with Gasteiger partial charge in [-0.05, 0) is 6.42 Å². The molecule has 6 heteroatoms. The number of nitrogens with one attached hydrogen (secondary N) is 3. The molecule has 0 aromatic heterocycles.